The van der Waals surface area contributed by atoms with Gasteiger partial charge in [-0.3, -0.25) is 4.79 Å². The molecule has 114 valence electrons. The third-order valence-electron chi connectivity index (χ3n) is 2.39. The zero-order chi connectivity index (χ0) is 15.0. The summed E-state index contributed by atoms with van der Waals surface area (Å²) >= 11 is 0. The van der Waals surface area contributed by atoms with Crippen molar-refractivity contribution in [1.82, 2.24) is 15.0 Å². The quantitative estimate of drug-likeness (QED) is 0.701. The highest BCUT2D eigenvalue weighted by atomic mass is 19.4. The van der Waals surface area contributed by atoms with E-state index in [1.165, 1.54) is 4.68 Å². The summed E-state index contributed by atoms with van der Waals surface area (Å²) in [7, 11) is 0. The maximum absolute atomic E-state index is 11.8. The SMILES string of the molecule is O=C(O)CCCCc1cn(CCOCC(F)(F)F)nn1. The molecule has 1 aromatic rings. The number of unbranched alkanes of at least 4 members (excludes halogenated alkanes) is 1. The molecule has 0 radical (unpaired) electrons. The third kappa shape index (κ3) is 7.72. The highest BCUT2D eigenvalue weighted by Gasteiger charge is 2.27. The Morgan fingerprint density at radius 1 is 1.40 bits per heavy atom. The van der Waals surface area contributed by atoms with Gasteiger partial charge in [-0.2, -0.15) is 13.2 Å². The molecule has 0 aliphatic heterocycles. The highest BCUT2D eigenvalue weighted by Crippen LogP contribution is 2.14. The number of alkyl halides is 3. The fraction of sp³-hybridized carbons (Fsp3) is 0.727. The molecule has 6 nitrogen and oxygen atoms in total. The van der Waals surface area contributed by atoms with Gasteiger partial charge in [0.05, 0.1) is 18.8 Å². The Balaban J connectivity index is 2.17. The van der Waals surface area contributed by atoms with Crippen molar-refractivity contribution >= 4 is 5.97 Å². The molecule has 1 aromatic heterocycles. The van der Waals surface area contributed by atoms with Crippen LogP contribution in [0.25, 0.3) is 0 Å². The second kappa shape index (κ2) is 7.83. The third-order valence-corrected chi connectivity index (χ3v) is 2.39. The molecule has 0 spiro atoms. The average molecular weight is 295 g/mol. The van der Waals surface area contributed by atoms with Crippen molar-refractivity contribution in [3.8, 4) is 0 Å². The minimum Gasteiger partial charge on any atom is -0.481 e. The fourth-order valence-electron chi connectivity index (χ4n) is 1.49. The Morgan fingerprint density at radius 2 is 2.15 bits per heavy atom. The van der Waals surface area contributed by atoms with Crippen molar-refractivity contribution in [2.45, 2.75) is 38.4 Å². The number of carbonyl (C=O) groups is 1. The summed E-state index contributed by atoms with van der Waals surface area (Å²) in [5.41, 5.74) is 0.686. The molecule has 1 rings (SSSR count). The molecule has 0 atom stereocenters. The Bertz CT molecular complexity index is 421. The molecule has 0 fully saturated rings. The number of hydrogen-bond acceptors (Lipinski definition) is 4. The molecular weight excluding hydrogens is 279 g/mol. The van der Waals surface area contributed by atoms with Gasteiger partial charge in [-0.1, -0.05) is 5.21 Å². The lowest BCUT2D eigenvalue weighted by molar-refractivity contribution is -0.174. The summed E-state index contributed by atoms with van der Waals surface area (Å²) in [4.78, 5) is 10.3. The van der Waals surface area contributed by atoms with Crippen LogP contribution in [0.3, 0.4) is 0 Å². The summed E-state index contributed by atoms with van der Waals surface area (Å²) in [5, 5.41) is 16.1. The Labute approximate surface area is 113 Å². The largest absolute Gasteiger partial charge is 0.481 e. The van der Waals surface area contributed by atoms with E-state index in [4.69, 9.17) is 5.11 Å². The van der Waals surface area contributed by atoms with Crippen LogP contribution in [0.15, 0.2) is 6.20 Å². The number of aryl methyl sites for hydroxylation is 1. The number of carboxylic acid groups (broad SMARTS) is 1. The maximum Gasteiger partial charge on any atom is 0.411 e. The van der Waals surface area contributed by atoms with Crippen molar-refractivity contribution < 1.29 is 27.8 Å². The monoisotopic (exact) mass is 295 g/mol. The Kier molecular flexibility index (Phi) is 6.43. The van der Waals surface area contributed by atoms with Crippen LogP contribution < -0.4 is 0 Å². The van der Waals surface area contributed by atoms with Crippen molar-refractivity contribution in [3.05, 3.63) is 11.9 Å². The maximum atomic E-state index is 11.8. The van der Waals surface area contributed by atoms with Crippen LogP contribution in [0.5, 0.6) is 0 Å². The first-order valence-corrected chi connectivity index (χ1v) is 6.12. The lowest BCUT2D eigenvalue weighted by atomic mass is 10.1. The summed E-state index contributed by atoms with van der Waals surface area (Å²) in [6, 6.07) is 0. The molecule has 1 N–H and O–H groups in total. The number of carboxylic acids is 1. The number of rotatable bonds is 9. The number of nitrogens with zero attached hydrogens (tertiary/aromatic N) is 3. The smallest absolute Gasteiger partial charge is 0.411 e. The fourth-order valence-corrected chi connectivity index (χ4v) is 1.49. The number of aliphatic carboxylic acids is 1. The van der Waals surface area contributed by atoms with E-state index in [0.29, 0.717) is 25.0 Å². The minimum atomic E-state index is -4.32. The molecule has 0 saturated heterocycles. The van der Waals surface area contributed by atoms with Crippen LogP contribution in [-0.2, 0) is 22.5 Å². The first-order chi connectivity index (χ1) is 9.37. The molecule has 0 unspecified atom stereocenters. The predicted molar refractivity (Wildman–Crippen MR) is 62.1 cm³/mol. The lowest BCUT2D eigenvalue weighted by Crippen LogP contribution is -2.19. The highest BCUT2D eigenvalue weighted by molar-refractivity contribution is 5.66. The molecule has 1 heterocycles. The zero-order valence-electron chi connectivity index (χ0n) is 10.8. The minimum absolute atomic E-state index is 0.0959. The topological polar surface area (TPSA) is 77.2 Å². The van der Waals surface area contributed by atoms with Crippen LogP contribution in [-0.4, -0.2) is 45.5 Å². The van der Waals surface area contributed by atoms with Gasteiger partial charge >= 0.3 is 12.1 Å². The van der Waals surface area contributed by atoms with Gasteiger partial charge in [0.2, 0.25) is 0 Å². The molecule has 0 aromatic carbocycles. The molecule has 0 aliphatic rings. The molecule has 0 bridgehead atoms. The summed E-state index contributed by atoms with van der Waals surface area (Å²) in [6.45, 7) is -1.18. The molecule has 9 heteroatoms. The van der Waals surface area contributed by atoms with Gasteiger partial charge in [0.15, 0.2) is 0 Å². The number of ether oxygens (including phenoxy) is 1. The normalized spacial score (nSPS) is 11.8. The van der Waals surface area contributed by atoms with Crippen molar-refractivity contribution in [2.24, 2.45) is 0 Å². The Morgan fingerprint density at radius 3 is 2.80 bits per heavy atom. The van der Waals surface area contributed by atoms with Crippen LogP contribution >= 0.6 is 0 Å². The standard InChI is InChI=1S/C11H16F3N3O3/c12-11(13,14)8-20-6-5-17-7-9(15-16-17)3-1-2-4-10(18)19/h7H,1-6,8H2,(H,18,19). The predicted octanol–water partition coefficient (Wildman–Crippen LogP) is 1.65. The van der Waals surface area contributed by atoms with Crippen molar-refractivity contribution in [1.29, 1.82) is 0 Å². The van der Waals surface area contributed by atoms with Gasteiger partial charge in [-0.25, -0.2) is 4.68 Å². The molecular formula is C11H16F3N3O3. The van der Waals surface area contributed by atoms with Crippen LogP contribution in [0.2, 0.25) is 0 Å². The van der Waals surface area contributed by atoms with Crippen molar-refractivity contribution in [2.75, 3.05) is 13.2 Å². The van der Waals surface area contributed by atoms with E-state index in [1.54, 1.807) is 6.20 Å². The van der Waals surface area contributed by atoms with Crippen LogP contribution in [0, 0.1) is 0 Å². The van der Waals surface area contributed by atoms with Crippen LogP contribution in [0.4, 0.5) is 13.2 Å². The molecule has 0 saturated carbocycles. The summed E-state index contributed by atoms with van der Waals surface area (Å²) in [6.07, 6.45) is -0.766. The van der Waals surface area contributed by atoms with E-state index in [-0.39, 0.29) is 19.6 Å². The number of hydrogen-bond donors (Lipinski definition) is 1. The first kappa shape index (κ1) is 16.4. The van der Waals surface area contributed by atoms with Gasteiger partial charge in [0.25, 0.3) is 0 Å². The van der Waals surface area contributed by atoms with Gasteiger partial charge in [-0.15, -0.1) is 5.10 Å². The van der Waals surface area contributed by atoms with Crippen molar-refractivity contribution in [3.63, 3.8) is 0 Å². The Hall–Kier alpha value is -1.64. The molecule has 0 aliphatic carbocycles. The number of aromatic nitrogens is 3. The lowest BCUT2D eigenvalue weighted by Gasteiger charge is -2.06. The van der Waals surface area contributed by atoms with Gasteiger partial charge < -0.3 is 9.84 Å². The van der Waals surface area contributed by atoms with E-state index in [0.717, 1.165) is 0 Å². The molecule has 0 amide bonds. The van der Waals surface area contributed by atoms with Crippen LogP contribution in [0.1, 0.15) is 25.0 Å². The van der Waals surface area contributed by atoms with E-state index in [1.807, 2.05) is 0 Å². The van der Waals surface area contributed by atoms with E-state index in [2.05, 4.69) is 15.0 Å². The molecule has 20 heavy (non-hydrogen) atoms. The van der Waals surface area contributed by atoms with Gasteiger partial charge in [0, 0.05) is 12.6 Å². The van der Waals surface area contributed by atoms with E-state index < -0.39 is 18.8 Å². The van der Waals surface area contributed by atoms with E-state index >= 15 is 0 Å². The zero-order valence-corrected chi connectivity index (χ0v) is 10.8. The van der Waals surface area contributed by atoms with Gasteiger partial charge in [0.1, 0.15) is 6.61 Å². The van der Waals surface area contributed by atoms with Gasteiger partial charge in [-0.05, 0) is 19.3 Å². The first-order valence-electron chi connectivity index (χ1n) is 6.12. The summed E-state index contributed by atoms with van der Waals surface area (Å²) in [5.74, 6) is -0.838. The van der Waals surface area contributed by atoms with E-state index in [9.17, 15) is 18.0 Å². The average Bonchev–Trinajstić information content (AvgIpc) is 2.77. The second-order valence-electron chi connectivity index (χ2n) is 4.24. The number of halogens is 3. The summed E-state index contributed by atoms with van der Waals surface area (Å²) < 4.78 is 41.3. The second-order valence-corrected chi connectivity index (χ2v) is 4.24.